The van der Waals surface area contributed by atoms with E-state index in [1.807, 2.05) is 18.4 Å². The SMILES string of the molecule is CC1=C2NCCCCC2NC=C1N1CCC2=CN=C(NC3=CCC(C=O)C=C3)CC=C2C1. The van der Waals surface area contributed by atoms with E-state index in [0.717, 1.165) is 56.7 Å². The van der Waals surface area contributed by atoms with Gasteiger partial charge in [0.1, 0.15) is 12.1 Å². The fourth-order valence-corrected chi connectivity index (χ4v) is 5.14. The van der Waals surface area contributed by atoms with Crippen molar-refractivity contribution in [3.05, 3.63) is 70.5 Å². The Kier molecular flexibility index (Phi) is 6.02. The molecule has 2 unspecified atom stereocenters. The van der Waals surface area contributed by atoms with Crippen molar-refractivity contribution in [1.29, 1.82) is 0 Å². The molecule has 1 aliphatic carbocycles. The number of aldehydes is 1. The number of hydrogen-bond acceptors (Lipinski definition) is 6. The second kappa shape index (κ2) is 9.23. The lowest BCUT2D eigenvalue weighted by Crippen LogP contribution is -2.41. The van der Waals surface area contributed by atoms with Crippen LogP contribution in [0.2, 0.25) is 0 Å². The molecule has 5 rings (SSSR count). The Labute approximate surface area is 190 Å². The Morgan fingerprint density at radius 2 is 2.19 bits per heavy atom. The first-order chi connectivity index (χ1) is 15.7. The van der Waals surface area contributed by atoms with Gasteiger partial charge in [-0.25, -0.2) is 4.99 Å². The molecular formula is C26H33N5O. The van der Waals surface area contributed by atoms with Crippen molar-refractivity contribution in [3.63, 3.8) is 0 Å². The summed E-state index contributed by atoms with van der Waals surface area (Å²) >= 11 is 0. The lowest BCUT2D eigenvalue weighted by atomic mass is 9.94. The molecule has 6 nitrogen and oxygen atoms in total. The molecule has 0 saturated carbocycles. The number of carbonyl (C=O) groups excluding carboxylic acids is 1. The van der Waals surface area contributed by atoms with E-state index in [1.165, 1.54) is 47.4 Å². The largest absolute Gasteiger partial charge is 0.386 e. The first-order valence-corrected chi connectivity index (χ1v) is 11.9. The molecule has 0 radical (unpaired) electrons. The molecule has 4 heterocycles. The smallest absolute Gasteiger partial charge is 0.127 e. The molecule has 2 fully saturated rings. The summed E-state index contributed by atoms with van der Waals surface area (Å²) in [5, 5.41) is 10.8. The molecule has 168 valence electrons. The highest BCUT2D eigenvalue weighted by atomic mass is 16.1. The molecule has 6 heteroatoms. The van der Waals surface area contributed by atoms with Crippen LogP contribution in [0.15, 0.2) is 75.5 Å². The van der Waals surface area contributed by atoms with E-state index in [0.29, 0.717) is 6.04 Å². The van der Waals surface area contributed by atoms with Crippen molar-refractivity contribution in [2.24, 2.45) is 10.9 Å². The van der Waals surface area contributed by atoms with Gasteiger partial charge >= 0.3 is 0 Å². The zero-order chi connectivity index (χ0) is 21.9. The first kappa shape index (κ1) is 20.9. The van der Waals surface area contributed by atoms with Crippen molar-refractivity contribution in [2.45, 2.75) is 51.5 Å². The number of carbonyl (C=O) groups is 1. The summed E-state index contributed by atoms with van der Waals surface area (Å²) in [7, 11) is 0. The number of amidine groups is 1. The Hall–Kier alpha value is -3.02. The van der Waals surface area contributed by atoms with Crippen LogP contribution >= 0.6 is 0 Å². The van der Waals surface area contributed by atoms with Gasteiger partial charge in [0.2, 0.25) is 0 Å². The number of dihydropyridines is 1. The fourth-order valence-electron chi connectivity index (χ4n) is 5.14. The number of nitrogens with zero attached hydrogens (tertiary/aromatic N) is 2. The minimum atomic E-state index is 0.000170. The Morgan fingerprint density at radius 1 is 1.25 bits per heavy atom. The molecular weight excluding hydrogens is 398 g/mol. The van der Waals surface area contributed by atoms with Crippen LogP contribution in [0.25, 0.3) is 0 Å². The van der Waals surface area contributed by atoms with Gasteiger partial charge in [0, 0.05) is 55.8 Å². The molecule has 0 aromatic heterocycles. The summed E-state index contributed by atoms with van der Waals surface area (Å²) in [4.78, 5) is 18.2. The lowest BCUT2D eigenvalue weighted by Gasteiger charge is -2.38. The van der Waals surface area contributed by atoms with Crippen LogP contribution in [0, 0.1) is 5.92 Å². The van der Waals surface area contributed by atoms with Crippen LogP contribution < -0.4 is 16.0 Å². The van der Waals surface area contributed by atoms with Gasteiger partial charge in [0.25, 0.3) is 0 Å². The highest BCUT2D eigenvalue weighted by Crippen LogP contribution is 2.32. The van der Waals surface area contributed by atoms with Crippen LogP contribution in [-0.2, 0) is 4.79 Å². The van der Waals surface area contributed by atoms with E-state index in [1.54, 1.807) is 0 Å². The van der Waals surface area contributed by atoms with E-state index in [2.05, 4.69) is 46.1 Å². The maximum atomic E-state index is 10.9. The lowest BCUT2D eigenvalue weighted by molar-refractivity contribution is -0.109. The standard InChI is InChI=1S/C26H33N5O/c1-18-24(15-28-23-4-2-3-12-27-26(18)23)31-13-11-20-14-29-25(10-7-21(20)16-31)30-22-8-5-19(17-32)6-9-22/h5,7-9,14-15,17,19,23,27-28H,2-4,6,10-13,16H2,1H3,(H,29,30). The average Bonchev–Trinajstić information content (AvgIpc) is 3.19. The molecule has 5 aliphatic rings. The summed E-state index contributed by atoms with van der Waals surface area (Å²) in [6.45, 7) is 5.27. The molecule has 0 bridgehead atoms. The third-order valence-corrected chi connectivity index (χ3v) is 7.07. The predicted molar refractivity (Wildman–Crippen MR) is 128 cm³/mol. The maximum Gasteiger partial charge on any atom is 0.127 e. The Morgan fingerprint density at radius 3 is 3.03 bits per heavy atom. The molecule has 0 aromatic rings. The molecule has 2 atom stereocenters. The number of nitrogens with one attached hydrogen (secondary N) is 3. The Bertz CT molecular complexity index is 994. The zero-order valence-corrected chi connectivity index (χ0v) is 18.9. The summed E-state index contributed by atoms with van der Waals surface area (Å²) < 4.78 is 0. The van der Waals surface area contributed by atoms with Crippen LogP contribution in [-0.4, -0.2) is 42.7 Å². The molecule has 2 saturated heterocycles. The van der Waals surface area contributed by atoms with Crippen molar-refractivity contribution in [2.75, 3.05) is 19.6 Å². The molecule has 4 aliphatic heterocycles. The number of hydrogen-bond donors (Lipinski definition) is 3. The second-order valence-corrected chi connectivity index (χ2v) is 9.22. The fraction of sp³-hybridized carbons (Fsp3) is 0.462. The summed E-state index contributed by atoms with van der Waals surface area (Å²) in [6.07, 6.45) is 19.9. The summed E-state index contributed by atoms with van der Waals surface area (Å²) in [6, 6.07) is 0.436. The minimum Gasteiger partial charge on any atom is -0.386 e. The van der Waals surface area contributed by atoms with Crippen LogP contribution in [0.4, 0.5) is 0 Å². The van der Waals surface area contributed by atoms with E-state index < -0.39 is 0 Å². The average molecular weight is 432 g/mol. The first-order valence-electron chi connectivity index (χ1n) is 11.9. The van der Waals surface area contributed by atoms with Crippen molar-refractivity contribution < 1.29 is 4.79 Å². The van der Waals surface area contributed by atoms with Crippen molar-refractivity contribution in [1.82, 2.24) is 20.9 Å². The maximum absolute atomic E-state index is 10.9. The number of likely N-dealkylation sites (tertiary alicyclic amines) is 1. The number of fused-ring (bicyclic) bond motifs is 2. The third kappa shape index (κ3) is 4.31. The minimum absolute atomic E-state index is 0.000170. The monoisotopic (exact) mass is 431 g/mol. The topological polar surface area (TPSA) is 68.8 Å². The summed E-state index contributed by atoms with van der Waals surface area (Å²) in [5.41, 5.74) is 7.83. The van der Waals surface area contributed by atoms with Crippen LogP contribution in [0.5, 0.6) is 0 Å². The van der Waals surface area contributed by atoms with E-state index in [4.69, 9.17) is 4.99 Å². The van der Waals surface area contributed by atoms with Crippen molar-refractivity contribution in [3.8, 4) is 0 Å². The number of rotatable bonds is 3. The van der Waals surface area contributed by atoms with Gasteiger partial charge in [0.05, 0.1) is 11.7 Å². The number of piperidine rings is 1. The molecule has 32 heavy (non-hydrogen) atoms. The number of aliphatic imine (C=N–C) groups is 1. The molecule has 0 amide bonds. The van der Waals surface area contributed by atoms with Gasteiger partial charge < -0.3 is 25.6 Å². The highest BCUT2D eigenvalue weighted by Gasteiger charge is 2.28. The van der Waals surface area contributed by atoms with Gasteiger partial charge in [-0.05, 0) is 61.8 Å². The van der Waals surface area contributed by atoms with Gasteiger partial charge in [-0.3, -0.25) is 0 Å². The second-order valence-electron chi connectivity index (χ2n) is 9.22. The van der Waals surface area contributed by atoms with Gasteiger partial charge in [-0.15, -0.1) is 0 Å². The molecule has 0 aromatic carbocycles. The van der Waals surface area contributed by atoms with E-state index >= 15 is 0 Å². The van der Waals surface area contributed by atoms with E-state index in [9.17, 15) is 4.79 Å². The van der Waals surface area contributed by atoms with Gasteiger partial charge in [-0.1, -0.05) is 18.2 Å². The quantitative estimate of drug-likeness (QED) is 0.598. The van der Waals surface area contributed by atoms with E-state index in [-0.39, 0.29) is 5.92 Å². The van der Waals surface area contributed by atoms with Gasteiger partial charge in [-0.2, -0.15) is 0 Å². The number of allylic oxidation sites excluding steroid dienone is 4. The van der Waals surface area contributed by atoms with Crippen LogP contribution in [0.1, 0.15) is 45.4 Å². The zero-order valence-electron chi connectivity index (χ0n) is 18.9. The Balaban J connectivity index is 1.26. The molecule has 3 N–H and O–H groups in total. The normalized spacial score (nSPS) is 27.7. The highest BCUT2D eigenvalue weighted by molar-refractivity contribution is 5.87. The molecule has 0 spiro atoms. The van der Waals surface area contributed by atoms with Crippen molar-refractivity contribution >= 4 is 12.1 Å². The predicted octanol–water partition coefficient (Wildman–Crippen LogP) is 3.41. The van der Waals surface area contributed by atoms with Crippen LogP contribution in [0.3, 0.4) is 0 Å². The third-order valence-electron chi connectivity index (χ3n) is 7.07. The van der Waals surface area contributed by atoms with Gasteiger partial charge in [0.15, 0.2) is 0 Å². The summed E-state index contributed by atoms with van der Waals surface area (Å²) in [5.74, 6) is 0.953.